The molecule has 3 rings (SSSR count). The number of nitrogens with two attached hydrogens (primary N) is 1. The van der Waals surface area contributed by atoms with Crippen molar-refractivity contribution in [1.29, 1.82) is 0 Å². The minimum absolute atomic E-state index is 0.174. The van der Waals surface area contributed by atoms with Crippen molar-refractivity contribution in [2.24, 2.45) is 5.73 Å². The van der Waals surface area contributed by atoms with Crippen LogP contribution in [0.2, 0.25) is 0 Å². The fourth-order valence-electron chi connectivity index (χ4n) is 2.72. The summed E-state index contributed by atoms with van der Waals surface area (Å²) in [7, 11) is 0. The van der Waals surface area contributed by atoms with Crippen LogP contribution in [0.5, 0.6) is 0 Å². The van der Waals surface area contributed by atoms with Gasteiger partial charge in [0.15, 0.2) is 0 Å². The number of benzene rings is 1. The van der Waals surface area contributed by atoms with Gasteiger partial charge < -0.3 is 15.6 Å². The average Bonchev–Trinajstić information content (AvgIpc) is 2.91. The van der Waals surface area contributed by atoms with Gasteiger partial charge in [-0.05, 0) is 31.0 Å². The molecule has 1 aliphatic heterocycles. The Kier molecular flexibility index (Phi) is 3.74. The zero-order valence-corrected chi connectivity index (χ0v) is 13.1. The number of carbonyl (C=O) groups is 1. The topological polar surface area (TPSA) is 77.1 Å². The van der Waals surface area contributed by atoms with E-state index in [1.54, 1.807) is 10.6 Å². The Morgan fingerprint density at radius 3 is 2.77 bits per heavy atom. The predicted octanol–water partition coefficient (Wildman–Crippen LogP) is 2.54. The molecule has 1 aromatic carbocycles. The van der Waals surface area contributed by atoms with Gasteiger partial charge in [0.2, 0.25) is 0 Å². The lowest BCUT2D eigenvalue weighted by molar-refractivity contribution is 0.0999. The number of halogens is 2. The molecule has 114 valence electrons. The molecule has 0 unspecified atom stereocenters. The summed E-state index contributed by atoms with van der Waals surface area (Å²) >= 11 is 3.18. The Balaban J connectivity index is 2.13. The standard InChI is InChI=1S/C15H13BrFN3O2/c16-8-3-4-10(9(17)6-8)19-11-7-13(21)20-5-1-2-12(20)14(11)15(18)22/h3-4,6-7,19H,1-2,5H2,(H2,18,22). The first-order chi connectivity index (χ1) is 10.5. The van der Waals surface area contributed by atoms with Gasteiger partial charge in [-0.2, -0.15) is 0 Å². The third-order valence-corrected chi connectivity index (χ3v) is 4.15. The van der Waals surface area contributed by atoms with Gasteiger partial charge in [0.25, 0.3) is 11.5 Å². The van der Waals surface area contributed by atoms with Crippen molar-refractivity contribution in [3.8, 4) is 0 Å². The van der Waals surface area contributed by atoms with Crippen LogP contribution in [0.1, 0.15) is 22.5 Å². The molecule has 5 nitrogen and oxygen atoms in total. The number of amides is 1. The Labute approximate surface area is 134 Å². The fourth-order valence-corrected chi connectivity index (χ4v) is 3.05. The highest BCUT2D eigenvalue weighted by atomic mass is 79.9. The summed E-state index contributed by atoms with van der Waals surface area (Å²) in [6.07, 6.45) is 1.39. The van der Waals surface area contributed by atoms with Crippen LogP contribution < -0.4 is 16.6 Å². The third kappa shape index (κ3) is 2.52. The number of hydrogen-bond acceptors (Lipinski definition) is 3. The zero-order chi connectivity index (χ0) is 15.9. The smallest absolute Gasteiger partial charge is 0.252 e. The lowest BCUT2D eigenvalue weighted by Crippen LogP contribution is -2.25. The number of carbonyl (C=O) groups excluding carboxylic acids is 1. The highest BCUT2D eigenvalue weighted by Gasteiger charge is 2.23. The van der Waals surface area contributed by atoms with Crippen LogP contribution in [-0.4, -0.2) is 10.5 Å². The van der Waals surface area contributed by atoms with Gasteiger partial charge >= 0.3 is 0 Å². The average molecular weight is 366 g/mol. The van der Waals surface area contributed by atoms with E-state index in [1.807, 2.05) is 0 Å². The molecule has 3 N–H and O–H groups in total. The van der Waals surface area contributed by atoms with E-state index in [0.29, 0.717) is 23.1 Å². The van der Waals surface area contributed by atoms with Crippen LogP contribution in [-0.2, 0) is 13.0 Å². The van der Waals surface area contributed by atoms with E-state index >= 15 is 0 Å². The number of primary amides is 1. The van der Waals surface area contributed by atoms with Crippen LogP contribution in [0.3, 0.4) is 0 Å². The van der Waals surface area contributed by atoms with Crippen molar-refractivity contribution >= 4 is 33.2 Å². The van der Waals surface area contributed by atoms with Crippen molar-refractivity contribution in [1.82, 2.24) is 4.57 Å². The molecule has 1 aromatic heterocycles. The summed E-state index contributed by atoms with van der Waals surface area (Å²) < 4.78 is 16.1. The van der Waals surface area contributed by atoms with Crippen LogP contribution in [0.4, 0.5) is 15.8 Å². The maximum atomic E-state index is 14.0. The van der Waals surface area contributed by atoms with Crippen LogP contribution in [0.25, 0.3) is 0 Å². The normalized spacial score (nSPS) is 13.0. The number of anilines is 2. The Hall–Kier alpha value is -2.15. The molecule has 2 aromatic rings. The SMILES string of the molecule is NC(=O)c1c(Nc2ccc(Br)cc2F)cc(=O)n2c1CCC2. The summed E-state index contributed by atoms with van der Waals surface area (Å²) in [5.74, 6) is -1.13. The predicted molar refractivity (Wildman–Crippen MR) is 84.9 cm³/mol. The Morgan fingerprint density at radius 1 is 1.32 bits per heavy atom. The van der Waals surface area contributed by atoms with Crippen molar-refractivity contribution in [2.45, 2.75) is 19.4 Å². The summed E-state index contributed by atoms with van der Waals surface area (Å²) in [5.41, 5.74) is 6.51. The molecular weight excluding hydrogens is 353 g/mol. The van der Waals surface area contributed by atoms with E-state index in [-0.39, 0.29) is 22.5 Å². The summed E-state index contributed by atoms with van der Waals surface area (Å²) in [4.78, 5) is 23.9. The number of rotatable bonds is 3. The number of aromatic nitrogens is 1. The molecule has 2 heterocycles. The Morgan fingerprint density at radius 2 is 2.09 bits per heavy atom. The maximum Gasteiger partial charge on any atom is 0.252 e. The van der Waals surface area contributed by atoms with E-state index in [2.05, 4.69) is 21.2 Å². The molecular formula is C15H13BrFN3O2. The number of nitrogens with one attached hydrogen (secondary N) is 1. The molecule has 0 bridgehead atoms. The van der Waals surface area contributed by atoms with Crippen LogP contribution in [0.15, 0.2) is 33.5 Å². The molecule has 0 saturated carbocycles. The molecule has 0 radical (unpaired) electrons. The summed E-state index contributed by atoms with van der Waals surface area (Å²) in [5, 5.41) is 2.81. The molecule has 1 aliphatic rings. The summed E-state index contributed by atoms with van der Waals surface area (Å²) in [6.45, 7) is 0.571. The second-order valence-electron chi connectivity index (χ2n) is 5.09. The van der Waals surface area contributed by atoms with Crippen molar-refractivity contribution in [2.75, 3.05) is 5.32 Å². The molecule has 22 heavy (non-hydrogen) atoms. The van der Waals surface area contributed by atoms with Crippen molar-refractivity contribution in [3.05, 3.63) is 56.2 Å². The van der Waals surface area contributed by atoms with Gasteiger partial charge in [-0.15, -0.1) is 0 Å². The molecule has 0 saturated heterocycles. The number of pyridine rings is 1. The molecule has 0 aliphatic carbocycles. The lowest BCUT2D eigenvalue weighted by atomic mass is 10.1. The Bertz CT molecular complexity index is 832. The largest absolute Gasteiger partial charge is 0.365 e. The first kappa shape index (κ1) is 14.8. The number of fused-ring (bicyclic) bond motifs is 1. The minimum atomic E-state index is -0.634. The second kappa shape index (κ2) is 5.57. The lowest BCUT2D eigenvalue weighted by Gasteiger charge is -2.15. The third-order valence-electron chi connectivity index (χ3n) is 3.66. The highest BCUT2D eigenvalue weighted by molar-refractivity contribution is 9.10. The fraction of sp³-hybridized carbons (Fsp3) is 0.200. The van der Waals surface area contributed by atoms with E-state index in [0.717, 1.165) is 6.42 Å². The van der Waals surface area contributed by atoms with Crippen LogP contribution >= 0.6 is 15.9 Å². The van der Waals surface area contributed by atoms with E-state index in [9.17, 15) is 14.0 Å². The molecule has 7 heteroatoms. The van der Waals surface area contributed by atoms with Gasteiger partial charge in [-0.3, -0.25) is 9.59 Å². The quantitative estimate of drug-likeness (QED) is 0.877. The molecule has 0 fully saturated rings. The van der Waals surface area contributed by atoms with Crippen LogP contribution in [0, 0.1) is 5.82 Å². The molecule has 0 spiro atoms. The first-order valence-electron chi connectivity index (χ1n) is 6.76. The van der Waals surface area contributed by atoms with E-state index < -0.39 is 11.7 Å². The second-order valence-corrected chi connectivity index (χ2v) is 6.00. The van der Waals surface area contributed by atoms with Gasteiger partial charge in [0.1, 0.15) is 5.82 Å². The van der Waals surface area contributed by atoms with Gasteiger partial charge in [-0.25, -0.2) is 4.39 Å². The van der Waals surface area contributed by atoms with Crippen molar-refractivity contribution < 1.29 is 9.18 Å². The van der Waals surface area contributed by atoms with Gasteiger partial charge in [-0.1, -0.05) is 15.9 Å². The molecule has 0 atom stereocenters. The minimum Gasteiger partial charge on any atom is -0.365 e. The summed E-state index contributed by atoms with van der Waals surface area (Å²) in [6, 6.07) is 5.77. The monoisotopic (exact) mass is 365 g/mol. The number of hydrogen-bond donors (Lipinski definition) is 2. The van der Waals surface area contributed by atoms with Crippen molar-refractivity contribution in [3.63, 3.8) is 0 Å². The maximum absolute atomic E-state index is 14.0. The van der Waals surface area contributed by atoms with E-state index in [4.69, 9.17) is 5.73 Å². The zero-order valence-electron chi connectivity index (χ0n) is 11.5. The molecule has 1 amide bonds. The number of nitrogens with zero attached hydrogens (tertiary/aromatic N) is 1. The van der Waals surface area contributed by atoms with Gasteiger partial charge in [0, 0.05) is 22.8 Å². The van der Waals surface area contributed by atoms with E-state index in [1.165, 1.54) is 18.2 Å². The van der Waals surface area contributed by atoms with Gasteiger partial charge in [0.05, 0.1) is 16.9 Å². The first-order valence-corrected chi connectivity index (χ1v) is 7.55. The highest BCUT2D eigenvalue weighted by Crippen LogP contribution is 2.28.